The van der Waals surface area contributed by atoms with Crippen molar-refractivity contribution in [3.05, 3.63) is 34.9 Å². The van der Waals surface area contributed by atoms with Crippen molar-refractivity contribution in [2.45, 2.75) is 44.5 Å². The van der Waals surface area contributed by atoms with Gasteiger partial charge in [-0.25, -0.2) is 8.78 Å². The first kappa shape index (κ1) is 17.1. The SMILES string of the molecule is CC1CC(O)CCN1CCc1c(F)cc(C(F)(F)F)cc1F. The Morgan fingerprint density at radius 3 is 2.32 bits per heavy atom. The van der Waals surface area contributed by atoms with E-state index in [2.05, 4.69) is 0 Å². The van der Waals surface area contributed by atoms with E-state index in [4.69, 9.17) is 0 Å². The maximum atomic E-state index is 13.8. The number of nitrogens with zero attached hydrogens (tertiary/aromatic N) is 1. The van der Waals surface area contributed by atoms with Crippen molar-refractivity contribution < 1.29 is 27.1 Å². The molecule has 0 aromatic heterocycles. The lowest BCUT2D eigenvalue weighted by molar-refractivity contribution is -0.138. The topological polar surface area (TPSA) is 23.5 Å². The summed E-state index contributed by atoms with van der Waals surface area (Å²) in [6.07, 6.45) is -3.97. The van der Waals surface area contributed by atoms with Crippen molar-refractivity contribution in [2.75, 3.05) is 13.1 Å². The van der Waals surface area contributed by atoms with Crippen LogP contribution < -0.4 is 0 Å². The molecular formula is C15H18F5NO. The Morgan fingerprint density at radius 1 is 1.23 bits per heavy atom. The van der Waals surface area contributed by atoms with E-state index in [1.54, 1.807) is 0 Å². The van der Waals surface area contributed by atoms with Crippen LogP contribution in [0.1, 0.15) is 30.9 Å². The summed E-state index contributed by atoms with van der Waals surface area (Å²) in [7, 11) is 0. The Morgan fingerprint density at radius 2 is 1.82 bits per heavy atom. The van der Waals surface area contributed by atoms with Gasteiger partial charge in [0.05, 0.1) is 11.7 Å². The van der Waals surface area contributed by atoms with E-state index in [1.165, 1.54) is 0 Å². The number of aliphatic hydroxyl groups is 1. The Kier molecular flexibility index (Phi) is 5.07. The number of hydrogen-bond acceptors (Lipinski definition) is 2. The summed E-state index contributed by atoms with van der Waals surface area (Å²) in [5, 5.41) is 9.52. The molecule has 0 amide bonds. The molecule has 0 spiro atoms. The zero-order chi connectivity index (χ0) is 16.5. The predicted molar refractivity (Wildman–Crippen MR) is 71.3 cm³/mol. The zero-order valence-corrected chi connectivity index (χ0v) is 12.1. The molecule has 0 radical (unpaired) electrons. The van der Waals surface area contributed by atoms with Crippen LogP contribution in [0.3, 0.4) is 0 Å². The fraction of sp³-hybridized carbons (Fsp3) is 0.600. The van der Waals surface area contributed by atoms with Gasteiger partial charge in [0.1, 0.15) is 11.6 Å². The molecule has 1 aliphatic rings. The molecule has 1 aliphatic heterocycles. The largest absolute Gasteiger partial charge is 0.416 e. The van der Waals surface area contributed by atoms with Gasteiger partial charge in [-0.05, 0) is 38.3 Å². The Balaban J connectivity index is 2.07. The minimum absolute atomic E-state index is 0.00373. The summed E-state index contributed by atoms with van der Waals surface area (Å²) in [6, 6.07) is 0.744. The number of alkyl halides is 3. The first-order chi connectivity index (χ1) is 10.2. The average molecular weight is 323 g/mol. The second-order valence-electron chi connectivity index (χ2n) is 5.73. The van der Waals surface area contributed by atoms with Crippen molar-refractivity contribution in [1.29, 1.82) is 0 Å². The Labute approximate surface area is 125 Å². The smallest absolute Gasteiger partial charge is 0.393 e. The molecule has 0 bridgehead atoms. The van der Waals surface area contributed by atoms with Gasteiger partial charge in [-0.2, -0.15) is 13.2 Å². The molecule has 1 aromatic rings. The van der Waals surface area contributed by atoms with E-state index in [1.807, 2.05) is 11.8 Å². The summed E-state index contributed by atoms with van der Waals surface area (Å²) in [5.74, 6) is -2.34. The molecule has 2 rings (SSSR count). The minimum Gasteiger partial charge on any atom is -0.393 e. The second kappa shape index (κ2) is 6.50. The molecule has 1 N–H and O–H groups in total. The lowest BCUT2D eigenvalue weighted by Gasteiger charge is -2.35. The van der Waals surface area contributed by atoms with Crippen molar-refractivity contribution >= 4 is 0 Å². The van der Waals surface area contributed by atoms with Crippen LogP contribution in [-0.2, 0) is 12.6 Å². The highest BCUT2D eigenvalue weighted by Gasteiger charge is 2.33. The predicted octanol–water partition coefficient (Wildman–Crippen LogP) is 3.37. The highest BCUT2D eigenvalue weighted by Crippen LogP contribution is 2.31. The molecule has 1 aromatic carbocycles. The maximum absolute atomic E-state index is 13.8. The number of halogens is 5. The molecule has 1 fully saturated rings. The molecule has 2 unspecified atom stereocenters. The van der Waals surface area contributed by atoms with E-state index in [0.29, 0.717) is 38.1 Å². The first-order valence-corrected chi connectivity index (χ1v) is 7.15. The number of piperidine rings is 1. The summed E-state index contributed by atoms with van der Waals surface area (Å²) in [5.41, 5.74) is -1.65. The van der Waals surface area contributed by atoms with Gasteiger partial charge in [-0.15, -0.1) is 0 Å². The van der Waals surface area contributed by atoms with Gasteiger partial charge in [0.25, 0.3) is 0 Å². The standard InChI is InChI=1S/C15H18F5NO/c1-9-6-11(22)2-4-21(9)5-3-12-13(16)7-10(8-14(12)17)15(18,19)20/h7-9,11,22H,2-6H2,1H3. The number of rotatable bonds is 3. The third-order valence-electron chi connectivity index (χ3n) is 4.10. The molecule has 1 saturated heterocycles. The molecule has 0 saturated carbocycles. The molecule has 124 valence electrons. The van der Waals surface area contributed by atoms with Crippen LogP contribution in [0.15, 0.2) is 12.1 Å². The lowest BCUT2D eigenvalue weighted by atomic mass is 9.99. The van der Waals surface area contributed by atoms with Crippen molar-refractivity contribution in [1.82, 2.24) is 4.90 Å². The number of hydrogen-bond donors (Lipinski definition) is 1. The van der Waals surface area contributed by atoms with Crippen LogP contribution in [0.5, 0.6) is 0 Å². The van der Waals surface area contributed by atoms with Crippen LogP contribution in [0, 0.1) is 11.6 Å². The van der Waals surface area contributed by atoms with Crippen molar-refractivity contribution in [3.63, 3.8) is 0 Å². The molecule has 2 atom stereocenters. The van der Waals surface area contributed by atoms with Gasteiger partial charge in [-0.1, -0.05) is 0 Å². The minimum atomic E-state index is -4.77. The molecule has 1 heterocycles. The van der Waals surface area contributed by atoms with E-state index >= 15 is 0 Å². The number of aliphatic hydroxyl groups excluding tert-OH is 1. The van der Waals surface area contributed by atoms with Gasteiger partial charge in [0, 0.05) is 24.7 Å². The molecule has 7 heteroatoms. The lowest BCUT2D eigenvalue weighted by Crippen LogP contribution is -2.43. The number of likely N-dealkylation sites (tertiary alicyclic amines) is 1. The second-order valence-corrected chi connectivity index (χ2v) is 5.73. The first-order valence-electron chi connectivity index (χ1n) is 7.15. The van der Waals surface area contributed by atoms with Crippen molar-refractivity contribution in [3.8, 4) is 0 Å². The van der Waals surface area contributed by atoms with Gasteiger partial charge >= 0.3 is 6.18 Å². The van der Waals surface area contributed by atoms with Gasteiger partial charge in [0.2, 0.25) is 0 Å². The third kappa shape index (κ3) is 3.95. The summed E-state index contributed by atoms with van der Waals surface area (Å²) >= 11 is 0. The van der Waals surface area contributed by atoms with E-state index in [0.717, 1.165) is 0 Å². The summed E-state index contributed by atoms with van der Waals surface area (Å²) in [6.45, 7) is 2.85. The Bertz CT molecular complexity index is 508. The molecule has 2 nitrogen and oxygen atoms in total. The normalized spacial score (nSPS) is 23.8. The quantitative estimate of drug-likeness (QED) is 0.862. The van der Waals surface area contributed by atoms with Crippen LogP contribution in [0.4, 0.5) is 22.0 Å². The molecule has 22 heavy (non-hydrogen) atoms. The van der Waals surface area contributed by atoms with Crippen LogP contribution in [0.2, 0.25) is 0 Å². The van der Waals surface area contributed by atoms with Crippen LogP contribution >= 0.6 is 0 Å². The summed E-state index contributed by atoms with van der Waals surface area (Å²) < 4.78 is 64.9. The van der Waals surface area contributed by atoms with Crippen molar-refractivity contribution in [2.24, 2.45) is 0 Å². The maximum Gasteiger partial charge on any atom is 0.416 e. The average Bonchev–Trinajstić information content (AvgIpc) is 2.38. The fourth-order valence-electron chi connectivity index (χ4n) is 2.79. The van der Waals surface area contributed by atoms with E-state index in [-0.39, 0.29) is 24.1 Å². The van der Waals surface area contributed by atoms with Gasteiger partial charge < -0.3 is 10.0 Å². The zero-order valence-electron chi connectivity index (χ0n) is 12.1. The van der Waals surface area contributed by atoms with Gasteiger partial charge in [-0.3, -0.25) is 0 Å². The highest BCUT2D eigenvalue weighted by atomic mass is 19.4. The van der Waals surface area contributed by atoms with Crippen LogP contribution in [0.25, 0.3) is 0 Å². The monoisotopic (exact) mass is 323 g/mol. The van der Waals surface area contributed by atoms with Crippen LogP contribution in [-0.4, -0.2) is 35.2 Å². The molecular weight excluding hydrogens is 305 g/mol. The van der Waals surface area contributed by atoms with E-state index in [9.17, 15) is 27.1 Å². The molecule has 0 aliphatic carbocycles. The third-order valence-corrected chi connectivity index (χ3v) is 4.10. The Hall–Kier alpha value is -1.21. The number of benzene rings is 1. The van der Waals surface area contributed by atoms with Gasteiger partial charge in [0.15, 0.2) is 0 Å². The summed E-state index contributed by atoms with van der Waals surface area (Å²) in [4.78, 5) is 1.98. The fourth-order valence-corrected chi connectivity index (χ4v) is 2.79. The highest BCUT2D eigenvalue weighted by molar-refractivity contribution is 5.28. The van der Waals surface area contributed by atoms with E-state index < -0.39 is 23.4 Å².